The minimum atomic E-state index is -0.583. The van der Waals surface area contributed by atoms with Gasteiger partial charge in [0.15, 0.2) is 0 Å². The Morgan fingerprint density at radius 2 is 1.36 bits per heavy atom. The molecule has 1 aliphatic rings. The number of esters is 1. The quantitative estimate of drug-likeness (QED) is 0.230. The molecular formula is C23H44NO4. The maximum Gasteiger partial charge on any atom is 0.305 e. The van der Waals surface area contributed by atoms with Crippen LogP contribution in [0, 0.1) is 0 Å². The molecule has 0 aromatic rings. The Morgan fingerprint density at radius 1 is 0.893 bits per heavy atom. The van der Waals surface area contributed by atoms with E-state index >= 15 is 0 Å². The van der Waals surface area contributed by atoms with Gasteiger partial charge in [-0.25, -0.2) is 0 Å². The molecule has 1 heterocycles. The van der Waals surface area contributed by atoms with Gasteiger partial charge in [0.25, 0.3) is 0 Å². The molecule has 1 aliphatic heterocycles. The molecule has 0 amide bonds. The van der Waals surface area contributed by atoms with Gasteiger partial charge >= 0.3 is 5.97 Å². The van der Waals surface area contributed by atoms with Crippen molar-refractivity contribution >= 4 is 5.97 Å². The van der Waals surface area contributed by atoms with E-state index in [0.717, 1.165) is 32.1 Å². The highest BCUT2D eigenvalue weighted by molar-refractivity contribution is 5.68. The molecule has 0 saturated carbocycles. The molecule has 1 fully saturated rings. The van der Waals surface area contributed by atoms with E-state index in [-0.39, 0.29) is 5.97 Å². The fourth-order valence-electron chi connectivity index (χ4n) is 4.12. The Labute approximate surface area is 173 Å². The van der Waals surface area contributed by atoms with E-state index in [1.54, 1.807) is 0 Å². The lowest BCUT2D eigenvalue weighted by molar-refractivity contribution is -0.294. The number of carbonyl (C=O) groups is 1. The highest BCUT2D eigenvalue weighted by atomic mass is 16.6. The van der Waals surface area contributed by atoms with Gasteiger partial charge in [0, 0.05) is 6.42 Å². The topological polar surface area (TPSA) is 58.7 Å². The van der Waals surface area contributed by atoms with Crippen molar-refractivity contribution in [1.29, 1.82) is 0 Å². The van der Waals surface area contributed by atoms with Crippen LogP contribution < -0.4 is 0 Å². The standard InChI is InChI=1S/C23H44NO4/c1-5-23(24(26)22(2,3)20-28-23)19-17-15-13-11-9-7-6-8-10-12-14-16-18-21(25)27-4/h5-20H2,1-4H3. The van der Waals surface area contributed by atoms with Crippen molar-refractivity contribution in [2.45, 2.75) is 128 Å². The normalized spacial score (nSPS) is 21.9. The number of hydrogen-bond donors (Lipinski definition) is 0. The van der Waals surface area contributed by atoms with Crippen LogP contribution in [0.15, 0.2) is 0 Å². The first kappa shape index (κ1) is 25.4. The molecule has 165 valence electrons. The fraction of sp³-hybridized carbons (Fsp3) is 0.957. The lowest BCUT2D eigenvalue weighted by Crippen LogP contribution is -2.49. The van der Waals surface area contributed by atoms with E-state index < -0.39 is 11.3 Å². The summed E-state index contributed by atoms with van der Waals surface area (Å²) in [5, 5.41) is 13.8. The predicted octanol–water partition coefficient (Wildman–Crippen LogP) is 6.18. The Bertz CT molecular complexity index is 427. The van der Waals surface area contributed by atoms with Gasteiger partial charge in [0.2, 0.25) is 0 Å². The Hall–Kier alpha value is -0.650. The molecule has 5 heteroatoms. The van der Waals surface area contributed by atoms with Crippen LogP contribution in [0.3, 0.4) is 0 Å². The number of hydrogen-bond acceptors (Lipinski definition) is 4. The minimum Gasteiger partial charge on any atom is -0.469 e. The van der Waals surface area contributed by atoms with Gasteiger partial charge in [-0.2, -0.15) is 0 Å². The van der Waals surface area contributed by atoms with Gasteiger partial charge < -0.3 is 9.47 Å². The van der Waals surface area contributed by atoms with Crippen LogP contribution in [0.4, 0.5) is 0 Å². The summed E-state index contributed by atoms with van der Waals surface area (Å²) >= 11 is 0. The van der Waals surface area contributed by atoms with E-state index in [9.17, 15) is 10.0 Å². The number of unbranched alkanes of at least 4 members (excludes halogenated alkanes) is 11. The summed E-state index contributed by atoms with van der Waals surface area (Å²) in [5.74, 6) is -0.0881. The molecule has 0 bridgehead atoms. The average molecular weight is 399 g/mol. The molecule has 0 aromatic heterocycles. The van der Waals surface area contributed by atoms with Gasteiger partial charge in [-0.1, -0.05) is 71.1 Å². The lowest BCUT2D eigenvalue weighted by Gasteiger charge is -2.34. The molecule has 0 aliphatic carbocycles. The van der Waals surface area contributed by atoms with Crippen molar-refractivity contribution in [2.24, 2.45) is 0 Å². The monoisotopic (exact) mass is 398 g/mol. The van der Waals surface area contributed by atoms with Crippen molar-refractivity contribution in [3.8, 4) is 0 Å². The van der Waals surface area contributed by atoms with Crippen LogP contribution in [-0.2, 0) is 19.5 Å². The van der Waals surface area contributed by atoms with Crippen LogP contribution in [0.1, 0.15) is 117 Å². The summed E-state index contributed by atoms with van der Waals surface area (Å²) in [6.07, 6.45) is 16.9. The molecule has 1 radical (unpaired) electrons. The zero-order valence-corrected chi connectivity index (χ0v) is 18.9. The summed E-state index contributed by atoms with van der Waals surface area (Å²) in [4.78, 5) is 11.0. The fourth-order valence-corrected chi connectivity index (χ4v) is 4.12. The van der Waals surface area contributed by atoms with Crippen LogP contribution >= 0.6 is 0 Å². The van der Waals surface area contributed by atoms with E-state index in [1.807, 2.05) is 13.8 Å². The van der Waals surface area contributed by atoms with Gasteiger partial charge in [-0.3, -0.25) is 4.79 Å². The summed E-state index contributed by atoms with van der Waals surface area (Å²) < 4.78 is 10.6. The predicted molar refractivity (Wildman–Crippen MR) is 112 cm³/mol. The third-order valence-corrected chi connectivity index (χ3v) is 6.09. The molecule has 1 rings (SSSR count). The van der Waals surface area contributed by atoms with Crippen LogP contribution in [0.2, 0.25) is 0 Å². The second-order valence-corrected chi connectivity index (χ2v) is 9.01. The van der Waals surface area contributed by atoms with Gasteiger partial charge in [0.05, 0.1) is 19.3 Å². The number of carbonyl (C=O) groups excluding carboxylic acids is 1. The van der Waals surface area contributed by atoms with Crippen LogP contribution in [0.5, 0.6) is 0 Å². The first-order valence-electron chi connectivity index (χ1n) is 11.6. The molecule has 1 unspecified atom stereocenters. The highest BCUT2D eigenvalue weighted by Crippen LogP contribution is 2.39. The van der Waals surface area contributed by atoms with Crippen molar-refractivity contribution in [3.63, 3.8) is 0 Å². The summed E-state index contributed by atoms with van der Waals surface area (Å²) in [6.45, 7) is 6.54. The van der Waals surface area contributed by atoms with E-state index in [1.165, 1.54) is 70.0 Å². The molecule has 0 N–H and O–H groups in total. The van der Waals surface area contributed by atoms with Crippen molar-refractivity contribution in [2.75, 3.05) is 13.7 Å². The average Bonchev–Trinajstić information content (AvgIpc) is 2.92. The van der Waals surface area contributed by atoms with Crippen LogP contribution in [0.25, 0.3) is 0 Å². The third-order valence-electron chi connectivity index (χ3n) is 6.09. The second kappa shape index (κ2) is 13.6. The van der Waals surface area contributed by atoms with E-state index in [2.05, 4.69) is 11.7 Å². The molecule has 1 saturated heterocycles. The zero-order valence-electron chi connectivity index (χ0n) is 18.9. The summed E-state index contributed by atoms with van der Waals surface area (Å²) in [5.41, 5.74) is -0.974. The molecular weight excluding hydrogens is 354 g/mol. The summed E-state index contributed by atoms with van der Waals surface area (Å²) in [7, 11) is 1.45. The van der Waals surface area contributed by atoms with E-state index in [0.29, 0.717) is 13.0 Å². The van der Waals surface area contributed by atoms with Gasteiger partial charge in [0.1, 0.15) is 5.72 Å². The Kier molecular flexibility index (Phi) is 12.3. The number of nitrogens with zero attached hydrogens (tertiary/aromatic N) is 1. The summed E-state index contributed by atoms with van der Waals surface area (Å²) in [6, 6.07) is 0. The number of hydroxylamine groups is 2. The lowest BCUT2D eigenvalue weighted by atomic mass is 9.98. The second-order valence-electron chi connectivity index (χ2n) is 9.01. The Morgan fingerprint density at radius 3 is 1.75 bits per heavy atom. The maximum atomic E-state index is 12.5. The third kappa shape index (κ3) is 8.79. The molecule has 0 aromatic carbocycles. The highest BCUT2D eigenvalue weighted by Gasteiger charge is 2.51. The van der Waals surface area contributed by atoms with Crippen LogP contribution in [-0.4, -0.2) is 36.0 Å². The first-order valence-corrected chi connectivity index (χ1v) is 11.6. The maximum absolute atomic E-state index is 12.5. The molecule has 28 heavy (non-hydrogen) atoms. The van der Waals surface area contributed by atoms with Crippen molar-refractivity contribution < 1.29 is 19.5 Å². The minimum absolute atomic E-state index is 0.0881. The Balaban J connectivity index is 1.91. The molecule has 1 atom stereocenters. The van der Waals surface area contributed by atoms with Crippen molar-refractivity contribution in [1.82, 2.24) is 5.06 Å². The van der Waals surface area contributed by atoms with E-state index in [4.69, 9.17) is 4.74 Å². The largest absolute Gasteiger partial charge is 0.469 e. The van der Waals surface area contributed by atoms with Crippen molar-refractivity contribution in [3.05, 3.63) is 0 Å². The number of methoxy groups -OCH3 is 1. The van der Waals surface area contributed by atoms with Gasteiger partial charge in [-0.15, -0.1) is 10.3 Å². The first-order chi connectivity index (χ1) is 13.4. The smallest absolute Gasteiger partial charge is 0.305 e. The molecule has 5 nitrogen and oxygen atoms in total. The number of ether oxygens (including phenoxy) is 2. The number of rotatable bonds is 16. The molecule has 0 spiro atoms. The zero-order chi connectivity index (χ0) is 20.9. The SMILES string of the molecule is CCC1(CCCCCCCCCCCCCCC(=O)OC)OCC(C)(C)N1[O]. The van der Waals surface area contributed by atoms with Gasteiger partial charge in [-0.05, 0) is 39.5 Å².